The summed E-state index contributed by atoms with van der Waals surface area (Å²) in [7, 11) is -3.15. The molecule has 0 saturated heterocycles. The smallest absolute Gasteiger partial charge is 0.199 e. The van der Waals surface area contributed by atoms with Gasteiger partial charge in [-0.15, -0.1) is 0 Å². The first-order valence-electron chi connectivity index (χ1n) is 10.0. The van der Waals surface area contributed by atoms with Crippen molar-refractivity contribution in [1.29, 1.82) is 0 Å². The highest BCUT2D eigenvalue weighted by atomic mass is 31.2. The standard InChI is InChI=1S/C24H19F9P/c25-21(26,22(27,28)23(29,30)24(31,32)33)16-17-34(18-10-4-1-5-11-18,19-12-6-2-7-13-19)20-14-8-3-9-15-20/h1-15H,16-17H2/q+1. The highest BCUT2D eigenvalue weighted by Crippen LogP contribution is 2.60. The number of alkyl halides is 9. The summed E-state index contributed by atoms with van der Waals surface area (Å²) in [6.45, 7) is 0. The zero-order chi connectivity index (χ0) is 25.3. The Balaban J connectivity index is 2.16. The van der Waals surface area contributed by atoms with Crippen LogP contribution in [0.4, 0.5) is 39.5 Å². The van der Waals surface area contributed by atoms with E-state index in [0.29, 0.717) is 15.9 Å². The lowest BCUT2D eigenvalue weighted by molar-refractivity contribution is -0.396. The summed E-state index contributed by atoms with van der Waals surface area (Å²) in [6, 6.07) is 24.3. The van der Waals surface area contributed by atoms with Crippen molar-refractivity contribution >= 4 is 23.2 Å². The molecule has 0 N–H and O–H groups in total. The molecule has 0 atom stereocenters. The maximum Gasteiger partial charge on any atom is 0.460 e. The Hall–Kier alpha value is -2.54. The van der Waals surface area contributed by atoms with Crippen LogP contribution in [-0.2, 0) is 0 Å². The maximum atomic E-state index is 14.6. The minimum absolute atomic E-state index is 0.495. The second-order valence-electron chi connectivity index (χ2n) is 7.64. The van der Waals surface area contributed by atoms with Crippen LogP contribution < -0.4 is 15.9 Å². The van der Waals surface area contributed by atoms with Gasteiger partial charge in [0.2, 0.25) is 0 Å². The van der Waals surface area contributed by atoms with Crippen LogP contribution in [-0.4, -0.2) is 30.1 Å². The monoisotopic (exact) mass is 509 g/mol. The highest BCUT2D eigenvalue weighted by Gasteiger charge is 2.81. The van der Waals surface area contributed by atoms with Crippen molar-refractivity contribution in [3.63, 3.8) is 0 Å². The van der Waals surface area contributed by atoms with Gasteiger partial charge in [0.15, 0.2) is 0 Å². The Bertz CT molecular complexity index is 969. The lowest BCUT2D eigenvalue weighted by atomic mass is 10.0. The van der Waals surface area contributed by atoms with E-state index in [9.17, 15) is 39.5 Å². The maximum absolute atomic E-state index is 14.6. The van der Waals surface area contributed by atoms with Crippen molar-refractivity contribution < 1.29 is 39.5 Å². The summed E-state index contributed by atoms with van der Waals surface area (Å²) in [5.74, 6) is -19.2. The summed E-state index contributed by atoms with van der Waals surface area (Å²) in [5, 5.41) is 1.48. The van der Waals surface area contributed by atoms with Gasteiger partial charge in [-0.1, -0.05) is 54.6 Å². The van der Waals surface area contributed by atoms with E-state index in [1.807, 2.05) is 0 Å². The minimum Gasteiger partial charge on any atom is -0.199 e. The summed E-state index contributed by atoms with van der Waals surface area (Å²) >= 11 is 0. The van der Waals surface area contributed by atoms with E-state index in [1.165, 1.54) is 0 Å². The normalized spacial score (nSPS) is 13.7. The van der Waals surface area contributed by atoms with Crippen LogP contribution in [0.2, 0.25) is 0 Å². The minimum atomic E-state index is -6.91. The van der Waals surface area contributed by atoms with E-state index >= 15 is 0 Å². The van der Waals surface area contributed by atoms with Crippen LogP contribution in [0.5, 0.6) is 0 Å². The number of halogens is 9. The van der Waals surface area contributed by atoms with Gasteiger partial charge in [-0.3, -0.25) is 0 Å². The fourth-order valence-electron chi connectivity index (χ4n) is 3.75. The zero-order valence-electron chi connectivity index (χ0n) is 17.4. The van der Waals surface area contributed by atoms with Gasteiger partial charge >= 0.3 is 23.9 Å². The van der Waals surface area contributed by atoms with Crippen molar-refractivity contribution in [3.8, 4) is 0 Å². The quantitative estimate of drug-likeness (QED) is 0.231. The molecule has 0 spiro atoms. The van der Waals surface area contributed by atoms with E-state index in [2.05, 4.69) is 0 Å². The lowest BCUT2D eigenvalue weighted by Crippen LogP contribution is -2.61. The molecule has 0 aliphatic carbocycles. The first kappa shape index (κ1) is 26.1. The molecule has 0 heterocycles. The number of hydrogen-bond donors (Lipinski definition) is 0. The largest absolute Gasteiger partial charge is 0.460 e. The first-order valence-corrected chi connectivity index (χ1v) is 12.0. The Kier molecular flexibility index (Phi) is 7.09. The van der Waals surface area contributed by atoms with Crippen LogP contribution in [0.3, 0.4) is 0 Å². The third-order valence-electron chi connectivity index (χ3n) is 5.56. The Morgan fingerprint density at radius 1 is 0.471 bits per heavy atom. The molecule has 0 unspecified atom stereocenters. The molecule has 0 nitrogen and oxygen atoms in total. The number of benzene rings is 3. The van der Waals surface area contributed by atoms with Gasteiger partial charge in [-0.25, -0.2) is 0 Å². The molecule has 0 fully saturated rings. The third kappa shape index (κ3) is 4.42. The predicted molar refractivity (Wildman–Crippen MR) is 116 cm³/mol. The van der Waals surface area contributed by atoms with E-state index in [4.69, 9.17) is 0 Å². The molecule has 3 aromatic rings. The Morgan fingerprint density at radius 2 is 0.794 bits per heavy atom. The van der Waals surface area contributed by atoms with E-state index in [1.54, 1.807) is 91.0 Å². The van der Waals surface area contributed by atoms with Gasteiger partial charge < -0.3 is 0 Å². The molecule has 0 aliphatic rings. The molecule has 0 radical (unpaired) electrons. The molecule has 10 heteroatoms. The SMILES string of the molecule is FC(F)(F)C(F)(F)C(F)(F)C(F)(F)CC[P+](c1ccccc1)(c1ccccc1)c1ccccc1. The average molecular weight is 509 g/mol. The van der Waals surface area contributed by atoms with Gasteiger partial charge in [0.05, 0.1) is 12.6 Å². The molecular formula is C24H19F9P+. The van der Waals surface area contributed by atoms with Gasteiger partial charge in [0.1, 0.15) is 23.2 Å². The fraction of sp³-hybridized carbons (Fsp3) is 0.250. The fourth-order valence-corrected chi connectivity index (χ4v) is 8.08. The van der Waals surface area contributed by atoms with Crippen LogP contribution in [0, 0.1) is 0 Å². The lowest BCUT2D eigenvalue weighted by Gasteiger charge is -2.35. The summed E-state index contributed by atoms with van der Waals surface area (Å²) in [5.41, 5.74) is 0. The molecule has 34 heavy (non-hydrogen) atoms. The zero-order valence-corrected chi connectivity index (χ0v) is 18.3. The number of rotatable bonds is 8. The summed E-state index contributed by atoms with van der Waals surface area (Å²) in [4.78, 5) is 0. The number of hydrogen-bond acceptors (Lipinski definition) is 0. The van der Waals surface area contributed by atoms with Gasteiger partial charge in [0, 0.05) is 0 Å². The molecule has 3 rings (SSSR count). The molecule has 0 aromatic heterocycles. The second kappa shape index (κ2) is 9.25. The molecular weight excluding hydrogens is 490 g/mol. The molecule has 0 bridgehead atoms. The average Bonchev–Trinajstić information content (AvgIpc) is 2.80. The van der Waals surface area contributed by atoms with Gasteiger partial charge in [0.25, 0.3) is 0 Å². The van der Waals surface area contributed by atoms with Crippen molar-refractivity contribution in [2.45, 2.75) is 30.4 Å². The third-order valence-corrected chi connectivity index (χ3v) is 10.00. The first-order chi connectivity index (χ1) is 15.8. The van der Waals surface area contributed by atoms with Crippen LogP contribution in [0.25, 0.3) is 0 Å². The van der Waals surface area contributed by atoms with E-state index in [-0.39, 0.29) is 0 Å². The summed E-state index contributed by atoms with van der Waals surface area (Å²) in [6.07, 6.45) is -9.50. The van der Waals surface area contributed by atoms with Crippen LogP contribution >= 0.6 is 7.26 Å². The van der Waals surface area contributed by atoms with Gasteiger partial charge in [-0.05, 0) is 36.4 Å². The van der Waals surface area contributed by atoms with Gasteiger partial charge in [-0.2, -0.15) is 39.5 Å². The molecule has 0 saturated carbocycles. The van der Waals surface area contributed by atoms with E-state index < -0.39 is 43.8 Å². The highest BCUT2D eigenvalue weighted by molar-refractivity contribution is 7.95. The van der Waals surface area contributed by atoms with Crippen LogP contribution in [0.15, 0.2) is 91.0 Å². The molecule has 0 amide bonds. The second-order valence-corrected chi connectivity index (χ2v) is 11.3. The topological polar surface area (TPSA) is 0 Å². The molecule has 0 aliphatic heterocycles. The van der Waals surface area contributed by atoms with Crippen molar-refractivity contribution in [3.05, 3.63) is 91.0 Å². The molecule has 3 aromatic carbocycles. The van der Waals surface area contributed by atoms with Crippen LogP contribution in [0.1, 0.15) is 6.42 Å². The van der Waals surface area contributed by atoms with E-state index in [0.717, 1.165) is 0 Å². The predicted octanol–water partition coefficient (Wildman–Crippen LogP) is 6.84. The van der Waals surface area contributed by atoms with Crippen molar-refractivity contribution in [2.24, 2.45) is 0 Å². The Morgan fingerprint density at radius 3 is 1.09 bits per heavy atom. The molecule has 182 valence electrons. The van der Waals surface area contributed by atoms with Crippen molar-refractivity contribution in [1.82, 2.24) is 0 Å². The summed E-state index contributed by atoms with van der Waals surface area (Å²) < 4.78 is 122. The Labute approximate surface area is 190 Å². The van der Waals surface area contributed by atoms with Crippen molar-refractivity contribution in [2.75, 3.05) is 6.16 Å².